The second-order valence-electron chi connectivity index (χ2n) is 16.0. The smallest absolute Gasteiger partial charge is 0.328 e. The summed E-state index contributed by atoms with van der Waals surface area (Å²) in [6, 6.07) is 6.80. The van der Waals surface area contributed by atoms with Crippen LogP contribution in [0.15, 0.2) is 42.9 Å². The monoisotopic (exact) mass is 830 g/mol. The number of alkyl halides is 2. The van der Waals surface area contributed by atoms with Crippen LogP contribution in [0.5, 0.6) is 0 Å². The number of aromatic nitrogens is 5. The van der Waals surface area contributed by atoms with E-state index in [0.717, 1.165) is 76.9 Å². The van der Waals surface area contributed by atoms with Gasteiger partial charge in [-0.3, -0.25) is 24.5 Å². The number of rotatable bonds is 10. The maximum absolute atomic E-state index is 14.2. The number of urea groups is 1. The lowest BCUT2D eigenvalue weighted by atomic mass is 9.85. The fraction of sp³-hybridized carbons (Fsp3) is 0.512. The van der Waals surface area contributed by atoms with Gasteiger partial charge in [0, 0.05) is 57.1 Å². The molecule has 9 rings (SSSR count). The van der Waals surface area contributed by atoms with Crippen molar-refractivity contribution in [1.29, 1.82) is 0 Å². The number of piperidine rings is 1. The molecule has 5 aliphatic rings. The van der Waals surface area contributed by atoms with E-state index in [2.05, 4.69) is 42.5 Å². The first-order valence-corrected chi connectivity index (χ1v) is 20.7. The Morgan fingerprint density at radius 2 is 1.92 bits per heavy atom. The van der Waals surface area contributed by atoms with Gasteiger partial charge >= 0.3 is 6.03 Å². The van der Waals surface area contributed by atoms with Gasteiger partial charge in [0.25, 0.3) is 12.3 Å². The Hall–Kier alpha value is -5.15. The molecule has 0 spiro atoms. The number of hydrogen-bond acceptors (Lipinski definition) is 10. The second kappa shape index (κ2) is 16.8. The summed E-state index contributed by atoms with van der Waals surface area (Å²) in [4.78, 5) is 48.2. The molecule has 7 heterocycles. The zero-order valence-electron chi connectivity index (χ0n) is 32.4. The summed E-state index contributed by atoms with van der Waals surface area (Å²) in [5.74, 6) is 6.53. The Kier molecular flexibility index (Phi) is 11.2. The van der Waals surface area contributed by atoms with Gasteiger partial charge in [-0.1, -0.05) is 23.4 Å². The van der Waals surface area contributed by atoms with Crippen molar-refractivity contribution in [1.82, 2.24) is 34.6 Å². The van der Waals surface area contributed by atoms with E-state index in [1.54, 1.807) is 29.1 Å². The summed E-state index contributed by atoms with van der Waals surface area (Å²) >= 11 is 6.35. The quantitative estimate of drug-likeness (QED) is 0.197. The van der Waals surface area contributed by atoms with Crippen molar-refractivity contribution in [2.45, 2.75) is 82.1 Å². The minimum Gasteiger partial charge on any atom is -0.374 e. The van der Waals surface area contributed by atoms with Gasteiger partial charge in [0.05, 0.1) is 53.5 Å². The standard InChI is InChI=1S/C41H45ClF2N10O5/c42-32-8-5-25(18-34(32)51-15-12-36(55)48-41(51)57)2-1-17-58-29-9-13-50(14-10-29)21-26-3-6-27(7-4-26)54-23-33(37(49-54)38(43)44)46-40(56)31-20-45-53-16-11-35(47-39(31)53)52-22-30-19-28(52)24-59-30/h5,8,11,16,18,20,23,26-30,38H,3-4,6-7,9-10,12-15,17,19,21-22,24H2,(H,46,56)(H,48,55,57)/t26-,27-,28-,30-/m1/s1. The number of amides is 4. The van der Waals surface area contributed by atoms with Crippen LogP contribution in [0.4, 0.5) is 30.8 Å². The van der Waals surface area contributed by atoms with Gasteiger partial charge < -0.3 is 24.6 Å². The molecule has 59 heavy (non-hydrogen) atoms. The molecule has 2 N–H and O–H groups in total. The van der Waals surface area contributed by atoms with E-state index in [9.17, 15) is 23.2 Å². The Morgan fingerprint density at radius 3 is 2.66 bits per heavy atom. The molecular weight excluding hydrogens is 786 g/mol. The first-order valence-electron chi connectivity index (χ1n) is 20.3. The second-order valence-corrected chi connectivity index (χ2v) is 16.4. The third-order valence-electron chi connectivity index (χ3n) is 12.2. The molecule has 0 radical (unpaired) electrons. The van der Waals surface area contributed by atoms with E-state index in [1.807, 2.05) is 6.07 Å². The fourth-order valence-corrected chi connectivity index (χ4v) is 9.22. The summed E-state index contributed by atoms with van der Waals surface area (Å²) < 4.78 is 43.4. The third-order valence-corrected chi connectivity index (χ3v) is 12.5. The lowest BCUT2D eigenvalue weighted by Gasteiger charge is -2.36. The van der Waals surface area contributed by atoms with Crippen LogP contribution in [-0.2, 0) is 14.3 Å². The fourth-order valence-electron chi connectivity index (χ4n) is 9.00. The van der Waals surface area contributed by atoms with Crippen LogP contribution < -0.4 is 20.4 Å². The number of halogens is 3. The van der Waals surface area contributed by atoms with E-state index >= 15 is 0 Å². The summed E-state index contributed by atoms with van der Waals surface area (Å²) in [6.07, 6.45) is 8.64. The minimum atomic E-state index is -2.86. The number of fused-ring (bicyclic) bond motifs is 3. The average Bonchev–Trinajstić information content (AvgIpc) is 4.06. The van der Waals surface area contributed by atoms with Gasteiger partial charge in [0.2, 0.25) is 5.91 Å². The first kappa shape index (κ1) is 39.3. The predicted molar refractivity (Wildman–Crippen MR) is 214 cm³/mol. The number of nitrogens with zero attached hydrogens (tertiary/aromatic N) is 8. The summed E-state index contributed by atoms with van der Waals surface area (Å²) in [5.41, 5.74) is 1.31. The number of carbonyl (C=O) groups excluding carboxylic acids is 3. The van der Waals surface area contributed by atoms with E-state index in [4.69, 9.17) is 26.1 Å². The van der Waals surface area contributed by atoms with Crippen LogP contribution in [0.25, 0.3) is 5.65 Å². The average molecular weight is 831 g/mol. The first-order chi connectivity index (χ1) is 28.6. The molecule has 3 aromatic heterocycles. The topological polar surface area (TPSA) is 151 Å². The molecule has 1 aliphatic carbocycles. The number of nitrogens with one attached hydrogen (secondary N) is 2. The van der Waals surface area contributed by atoms with Gasteiger partial charge in [-0.25, -0.2) is 23.1 Å². The molecule has 15 nitrogen and oxygen atoms in total. The highest BCUT2D eigenvalue weighted by Gasteiger charge is 2.40. The number of ether oxygens (including phenoxy) is 2. The molecule has 0 unspecified atom stereocenters. The molecule has 4 amide bonds. The Bertz CT molecular complexity index is 2290. The van der Waals surface area contributed by atoms with Gasteiger partial charge in [-0.2, -0.15) is 10.2 Å². The SMILES string of the molecule is O=C1CCN(c2cc(C#CCOC3CCN(C[C@H]4CC[C@H](n5cc(NC(=O)c6cnn7ccc(N8C[C@H]9C[C@@H]8CO9)nc67)c(C(F)F)n5)CC4)CC3)ccc2Cl)C(=O)N1. The van der Waals surface area contributed by atoms with E-state index < -0.39 is 24.1 Å². The van der Waals surface area contributed by atoms with Crippen molar-refractivity contribution in [2.75, 3.05) is 61.1 Å². The number of morpholine rings is 1. The van der Waals surface area contributed by atoms with Crippen LogP contribution >= 0.6 is 11.6 Å². The molecule has 18 heteroatoms. The predicted octanol–water partition coefficient (Wildman–Crippen LogP) is 5.46. The molecule has 2 bridgehead atoms. The highest BCUT2D eigenvalue weighted by atomic mass is 35.5. The lowest BCUT2D eigenvalue weighted by Crippen LogP contribution is -2.49. The number of imide groups is 1. The Balaban J connectivity index is 0.736. The van der Waals surface area contributed by atoms with E-state index in [-0.39, 0.29) is 61.0 Å². The van der Waals surface area contributed by atoms with Gasteiger partial charge in [-0.15, -0.1) is 0 Å². The molecule has 2 atom stereocenters. The number of carbonyl (C=O) groups is 3. The van der Waals surface area contributed by atoms with Crippen molar-refractivity contribution >= 4 is 52.3 Å². The minimum absolute atomic E-state index is 0.00482. The number of likely N-dealkylation sites (tertiary alicyclic amines) is 1. The van der Waals surface area contributed by atoms with E-state index in [1.165, 1.54) is 21.8 Å². The Morgan fingerprint density at radius 1 is 1.08 bits per heavy atom. The van der Waals surface area contributed by atoms with Crippen LogP contribution in [0.3, 0.4) is 0 Å². The van der Waals surface area contributed by atoms with Crippen molar-refractivity contribution in [3.63, 3.8) is 0 Å². The van der Waals surface area contributed by atoms with E-state index in [0.29, 0.717) is 34.4 Å². The molecule has 4 aliphatic heterocycles. The number of hydrogen-bond donors (Lipinski definition) is 2. The van der Waals surface area contributed by atoms with Crippen molar-refractivity contribution < 1.29 is 32.6 Å². The zero-order chi connectivity index (χ0) is 40.6. The molecule has 1 saturated carbocycles. The Labute approximate surface area is 344 Å². The van der Waals surface area contributed by atoms with Crippen molar-refractivity contribution in [2.24, 2.45) is 5.92 Å². The molecule has 5 fully saturated rings. The van der Waals surface area contributed by atoms with Crippen LogP contribution in [0.1, 0.15) is 85.4 Å². The molecule has 1 aromatic carbocycles. The van der Waals surface area contributed by atoms with Crippen LogP contribution in [0, 0.1) is 17.8 Å². The highest BCUT2D eigenvalue weighted by Crippen LogP contribution is 2.36. The third kappa shape index (κ3) is 8.49. The molecule has 4 saturated heterocycles. The summed E-state index contributed by atoms with van der Waals surface area (Å²) in [7, 11) is 0. The normalized spacial score (nSPS) is 23.9. The summed E-state index contributed by atoms with van der Waals surface area (Å²) in [6.45, 7) is 4.76. The number of anilines is 3. The number of benzene rings is 1. The van der Waals surface area contributed by atoms with Gasteiger partial charge in [0.15, 0.2) is 11.3 Å². The molecule has 310 valence electrons. The zero-order valence-corrected chi connectivity index (χ0v) is 33.1. The van der Waals surface area contributed by atoms with Crippen molar-refractivity contribution in [3.8, 4) is 11.8 Å². The van der Waals surface area contributed by atoms with Crippen LogP contribution in [-0.4, -0.2) is 111 Å². The largest absolute Gasteiger partial charge is 0.374 e. The summed E-state index contributed by atoms with van der Waals surface area (Å²) in [5, 5.41) is 14.0. The molecule has 4 aromatic rings. The van der Waals surface area contributed by atoms with Gasteiger partial charge in [0.1, 0.15) is 18.0 Å². The van der Waals surface area contributed by atoms with Crippen LogP contribution in [0.2, 0.25) is 5.02 Å². The maximum atomic E-state index is 14.2. The van der Waals surface area contributed by atoms with Crippen molar-refractivity contribution in [3.05, 3.63) is 64.7 Å². The lowest BCUT2D eigenvalue weighted by molar-refractivity contribution is -0.120. The highest BCUT2D eigenvalue weighted by molar-refractivity contribution is 6.34. The van der Waals surface area contributed by atoms with Gasteiger partial charge in [-0.05, 0) is 75.1 Å². The molecular formula is C41H45ClF2N10O5. The maximum Gasteiger partial charge on any atom is 0.328 e.